The SMILES string of the molecule is CCCCN(CCCC)CCCN1C(=O)c2cc3occc3n2C[C@@]1(C)C(=O)NC1CCCCCC1. The number of nitrogens with one attached hydrogen (secondary N) is 1. The molecule has 2 aliphatic rings. The van der Waals surface area contributed by atoms with E-state index in [4.69, 9.17) is 4.42 Å². The van der Waals surface area contributed by atoms with Crippen LogP contribution < -0.4 is 5.32 Å². The molecule has 0 unspecified atom stereocenters. The zero-order chi connectivity index (χ0) is 25.5. The molecule has 0 spiro atoms. The highest BCUT2D eigenvalue weighted by atomic mass is 16.3. The summed E-state index contributed by atoms with van der Waals surface area (Å²) in [6.45, 7) is 10.6. The van der Waals surface area contributed by atoms with Crippen LogP contribution in [0.2, 0.25) is 0 Å². The molecule has 1 saturated carbocycles. The number of hydrogen-bond donors (Lipinski definition) is 1. The first-order valence-electron chi connectivity index (χ1n) is 14.4. The fraction of sp³-hybridized carbons (Fsp3) is 0.724. The van der Waals surface area contributed by atoms with E-state index >= 15 is 0 Å². The van der Waals surface area contributed by atoms with Gasteiger partial charge in [-0.25, -0.2) is 0 Å². The molecule has 1 aliphatic heterocycles. The second kappa shape index (κ2) is 12.3. The highest BCUT2D eigenvalue weighted by molar-refractivity contribution is 6.02. The predicted octanol–water partition coefficient (Wildman–Crippen LogP) is 5.58. The Hall–Kier alpha value is -2.28. The second-order valence-electron chi connectivity index (χ2n) is 11.1. The monoisotopic (exact) mass is 498 g/mol. The minimum atomic E-state index is -0.933. The summed E-state index contributed by atoms with van der Waals surface area (Å²) >= 11 is 0. The van der Waals surface area contributed by atoms with E-state index in [2.05, 4.69) is 24.1 Å². The van der Waals surface area contributed by atoms with Gasteiger partial charge in [0.25, 0.3) is 5.91 Å². The molecule has 0 saturated heterocycles. The lowest BCUT2D eigenvalue weighted by Gasteiger charge is -2.44. The van der Waals surface area contributed by atoms with Crippen LogP contribution in [0.5, 0.6) is 0 Å². The number of rotatable bonds is 12. The Balaban J connectivity index is 1.53. The van der Waals surface area contributed by atoms with E-state index in [-0.39, 0.29) is 17.9 Å². The quantitative estimate of drug-likeness (QED) is 0.388. The van der Waals surface area contributed by atoms with Crippen molar-refractivity contribution in [3.05, 3.63) is 24.1 Å². The number of nitrogens with zero attached hydrogens (tertiary/aromatic N) is 3. The number of furan rings is 1. The summed E-state index contributed by atoms with van der Waals surface area (Å²) in [5, 5.41) is 3.36. The molecule has 1 N–H and O–H groups in total. The molecular formula is C29H46N4O3. The molecule has 0 bridgehead atoms. The van der Waals surface area contributed by atoms with Crippen LogP contribution in [0.25, 0.3) is 11.1 Å². The molecule has 7 heteroatoms. The molecule has 1 aliphatic carbocycles. The maximum atomic E-state index is 13.9. The van der Waals surface area contributed by atoms with E-state index in [1.807, 2.05) is 28.5 Å². The third-order valence-corrected chi connectivity index (χ3v) is 8.24. The van der Waals surface area contributed by atoms with Gasteiger partial charge in [-0.2, -0.15) is 0 Å². The summed E-state index contributed by atoms with van der Waals surface area (Å²) in [5.41, 5.74) is 1.28. The van der Waals surface area contributed by atoms with Crippen LogP contribution in [-0.4, -0.2) is 63.9 Å². The van der Waals surface area contributed by atoms with Crippen molar-refractivity contribution in [1.82, 2.24) is 19.7 Å². The first-order valence-corrected chi connectivity index (χ1v) is 14.4. The smallest absolute Gasteiger partial charge is 0.271 e. The van der Waals surface area contributed by atoms with Crippen molar-refractivity contribution in [3.63, 3.8) is 0 Å². The third-order valence-electron chi connectivity index (χ3n) is 8.24. The van der Waals surface area contributed by atoms with Gasteiger partial charge in [0.05, 0.1) is 18.3 Å². The Morgan fingerprint density at radius 3 is 2.42 bits per heavy atom. The molecule has 2 aromatic heterocycles. The summed E-state index contributed by atoms with van der Waals surface area (Å²) in [6, 6.07) is 3.93. The fourth-order valence-electron chi connectivity index (χ4n) is 5.94. The van der Waals surface area contributed by atoms with Crippen molar-refractivity contribution >= 4 is 22.9 Å². The van der Waals surface area contributed by atoms with Gasteiger partial charge in [-0.3, -0.25) is 9.59 Å². The van der Waals surface area contributed by atoms with Crippen LogP contribution >= 0.6 is 0 Å². The second-order valence-corrected chi connectivity index (χ2v) is 11.1. The number of carbonyl (C=O) groups excluding carboxylic acids is 2. The first-order chi connectivity index (χ1) is 17.5. The lowest BCUT2D eigenvalue weighted by atomic mass is 9.93. The van der Waals surface area contributed by atoms with Gasteiger partial charge >= 0.3 is 0 Å². The molecule has 200 valence electrons. The Morgan fingerprint density at radius 2 is 1.75 bits per heavy atom. The number of carbonyl (C=O) groups is 2. The highest BCUT2D eigenvalue weighted by Crippen LogP contribution is 2.33. The van der Waals surface area contributed by atoms with E-state index < -0.39 is 5.54 Å². The van der Waals surface area contributed by atoms with E-state index in [1.54, 1.807) is 6.26 Å². The Morgan fingerprint density at radius 1 is 1.08 bits per heavy atom. The maximum Gasteiger partial charge on any atom is 0.271 e. The lowest BCUT2D eigenvalue weighted by molar-refractivity contribution is -0.133. The molecule has 2 aromatic rings. The Labute approximate surface area is 216 Å². The van der Waals surface area contributed by atoms with Crippen molar-refractivity contribution in [3.8, 4) is 0 Å². The minimum Gasteiger partial charge on any atom is -0.463 e. The molecule has 1 atom stereocenters. The third kappa shape index (κ3) is 5.82. The van der Waals surface area contributed by atoms with Gasteiger partial charge in [0.15, 0.2) is 5.58 Å². The minimum absolute atomic E-state index is 0.0208. The normalized spacial score (nSPS) is 21.2. The van der Waals surface area contributed by atoms with Crippen LogP contribution in [0.1, 0.15) is 102 Å². The van der Waals surface area contributed by atoms with Crippen molar-refractivity contribution < 1.29 is 14.0 Å². The number of amides is 2. The summed E-state index contributed by atoms with van der Waals surface area (Å²) < 4.78 is 7.59. The van der Waals surface area contributed by atoms with E-state index in [0.29, 0.717) is 24.4 Å². The first kappa shape index (κ1) is 26.8. The van der Waals surface area contributed by atoms with Crippen LogP contribution in [0.3, 0.4) is 0 Å². The maximum absolute atomic E-state index is 13.9. The van der Waals surface area contributed by atoms with E-state index in [1.165, 1.54) is 38.5 Å². The summed E-state index contributed by atoms with van der Waals surface area (Å²) in [6.07, 6.45) is 14.1. The average Bonchev–Trinajstić information content (AvgIpc) is 3.36. The van der Waals surface area contributed by atoms with Crippen LogP contribution in [-0.2, 0) is 11.3 Å². The molecule has 0 aromatic carbocycles. The van der Waals surface area contributed by atoms with Crippen molar-refractivity contribution in [1.29, 1.82) is 0 Å². The highest BCUT2D eigenvalue weighted by Gasteiger charge is 2.48. The van der Waals surface area contributed by atoms with E-state index in [0.717, 1.165) is 57.3 Å². The van der Waals surface area contributed by atoms with Gasteiger partial charge in [-0.1, -0.05) is 52.4 Å². The predicted molar refractivity (Wildman–Crippen MR) is 144 cm³/mol. The van der Waals surface area contributed by atoms with Gasteiger partial charge in [0.2, 0.25) is 5.91 Å². The van der Waals surface area contributed by atoms with Gasteiger partial charge in [-0.05, 0) is 58.7 Å². The van der Waals surface area contributed by atoms with Crippen molar-refractivity contribution in [2.45, 2.75) is 110 Å². The molecule has 2 amide bonds. The van der Waals surface area contributed by atoms with Crippen LogP contribution in [0.4, 0.5) is 0 Å². The Kier molecular flexibility index (Phi) is 9.15. The average molecular weight is 499 g/mol. The fourth-order valence-corrected chi connectivity index (χ4v) is 5.94. The Bertz CT molecular complexity index is 995. The molecule has 3 heterocycles. The molecule has 7 nitrogen and oxygen atoms in total. The number of hydrogen-bond acceptors (Lipinski definition) is 4. The zero-order valence-corrected chi connectivity index (χ0v) is 22.7. The molecular weight excluding hydrogens is 452 g/mol. The van der Waals surface area contributed by atoms with Gasteiger partial charge in [0.1, 0.15) is 11.2 Å². The van der Waals surface area contributed by atoms with Crippen molar-refractivity contribution in [2.75, 3.05) is 26.2 Å². The van der Waals surface area contributed by atoms with Crippen LogP contribution in [0.15, 0.2) is 22.8 Å². The molecule has 36 heavy (non-hydrogen) atoms. The lowest BCUT2D eigenvalue weighted by Crippen LogP contribution is -2.65. The molecule has 1 fully saturated rings. The largest absolute Gasteiger partial charge is 0.463 e. The number of aromatic nitrogens is 1. The zero-order valence-electron chi connectivity index (χ0n) is 22.7. The van der Waals surface area contributed by atoms with E-state index in [9.17, 15) is 9.59 Å². The summed E-state index contributed by atoms with van der Waals surface area (Å²) in [4.78, 5) is 32.1. The molecule has 4 rings (SSSR count). The summed E-state index contributed by atoms with van der Waals surface area (Å²) in [7, 11) is 0. The standard InChI is InChI=1S/C29H46N4O3/c1-4-6-16-31(17-7-5-2)18-12-19-33-27(34)25-21-26-24(15-20-36-26)32(25)22-29(33,3)28(35)30-23-13-10-8-9-11-14-23/h15,20-21,23H,4-14,16-19,22H2,1-3H3,(H,30,35)/t29-/m0/s1. The van der Waals surface area contributed by atoms with Crippen molar-refractivity contribution in [2.24, 2.45) is 0 Å². The molecule has 0 radical (unpaired) electrons. The van der Waals surface area contributed by atoms with Gasteiger partial charge in [0, 0.05) is 24.7 Å². The summed E-state index contributed by atoms with van der Waals surface area (Å²) in [5.74, 6) is -0.0904. The topological polar surface area (TPSA) is 70.7 Å². The van der Waals surface area contributed by atoms with Gasteiger partial charge < -0.3 is 24.1 Å². The van der Waals surface area contributed by atoms with Crippen LogP contribution in [0, 0.1) is 0 Å². The number of unbranched alkanes of at least 4 members (excludes halogenated alkanes) is 2. The van der Waals surface area contributed by atoms with Gasteiger partial charge in [-0.15, -0.1) is 0 Å². The number of fused-ring (bicyclic) bond motifs is 3.